The molecule has 0 amide bonds. The van der Waals surface area contributed by atoms with Crippen molar-refractivity contribution in [2.24, 2.45) is 0 Å². The zero-order chi connectivity index (χ0) is 14.0. The van der Waals surface area contributed by atoms with E-state index in [1.807, 2.05) is 19.1 Å². The summed E-state index contributed by atoms with van der Waals surface area (Å²) in [7, 11) is 1.47. The number of methoxy groups -OCH3 is 1. The van der Waals surface area contributed by atoms with Gasteiger partial charge in [-0.15, -0.1) is 0 Å². The summed E-state index contributed by atoms with van der Waals surface area (Å²) >= 11 is 0. The van der Waals surface area contributed by atoms with Gasteiger partial charge in [0.15, 0.2) is 5.69 Å². The molecule has 0 aliphatic rings. The number of benzene rings is 1. The Kier molecular flexibility index (Phi) is 3.37. The molecule has 5 nitrogen and oxygen atoms in total. The van der Waals surface area contributed by atoms with Crippen LogP contribution in [-0.4, -0.2) is 28.3 Å². The summed E-state index contributed by atoms with van der Waals surface area (Å²) in [5.41, 5.74) is 0.947. The van der Waals surface area contributed by atoms with Gasteiger partial charge in [-0.25, -0.2) is 9.78 Å². The molecule has 19 heavy (non-hydrogen) atoms. The van der Waals surface area contributed by atoms with E-state index in [0.29, 0.717) is 16.7 Å². The molecule has 1 aromatic carbocycles. The van der Waals surface area contributed by atoms with Crippen molar-refractivity contribution in [3.05, 3.63) is 35.5 Å². The number of allylic oxidation sites excluding steroid dienone is 1. The van der Waals surface area contributed by atoms with Gasteiger partial charge < -0.3 is 14.9 Å². The SMILES string of the molecule is C/C=C\c1cc(OC)c2nc(C(=O)O)cc(O)c2c1. The van der Waals surface area contributed by atoms with Crippen molar-refractivity contribution in [1.29, 1.82) is 0 Å². The molecule has 2 rings (SSSR count). The molecule has 0 atom stereocenters. The number of aromatic nitrogens is 1. The first-order valence-corrected chi connectivity index (χ1v) is 5.64. The number of ether oxygens (including phenoxy) is 1. The zero-order valence-corrected chi connectivity index (χ0v) is 10.5. The number of carboxylic acid groups (broad SMARTS) is 1. The van der Waals surface area contributed by atoms with Crippen LogP contribution in [0.2, 0.25) is 0 Å². The van der Waals surface area contributed by atoms with Gasteiger partial charge in [-0.05, 0) is 24.6 Å². The zero-order valence-electron chi connectivity index (χ0n) is 10.5. The molecule has 98 valence electrons. The highest BCUT2D eigenvalue weighted by Gasteiger charge is 2.14. The molecule has 0 radical (unpaired) electrons. The molecule has 0 unspecified atom stereocenters. The first kappa shape index (κ1) is 12.9. The van der Waals surface area contributed by atoms with Gasteiger partial charge in [0.2, 0.25) is 0 Å². The Morgan fingerprint density at radius 3 is 2.68 bits per heavy atom. The van der Waals surface area contributed by atoms with Gasteiger partial charge in [-0.2, -0.15) is 0 Å². The van der Waals surface area contributed by atoms with Gasteiger partial charge in [0.05, 0.1) is 7.11 Å². The van der Waals surface area contributed by atoms with E-state index in [0.717, 1.165) is 11.6 Å². The smallest absolute Gasteiger partial charge is 0.354 e. The van der Waals surface area contributed by atoms with Gasteiger partial charge in [0.1, 0.15) is 17.0 Å². The average molecular weight is 259 g/mol. The fourth-order valence-electron chi connectivity index (χ4n) is 1.85. The van der Waals surface area contributed by atoms with Crippen LogP contribution in [0.25, 0.3) is 17.0 Å². The van der Waals surface area contributed by atoms with E-state index in [1.54, 1.807) is 12.1 Å². The van der Waals surface area contributed by atoms with E-state index >= 15 is 0 Å². The molecule has 0 bridgehead atoms. The predicted octanol–water partition coefficient (Wildman–Crippen LogP) is 2.68. The molecule has 2 N–H and O–H groups in total. The van der Waals surface area contributed by atoms with Crippen molar-refractivity contribution < 1.29 is 19.7 Å². The molecule has 0 aliphatic heterocycles. The second-order valence-electron chi connectivity index (χ2n) is 3.95. The summed E-state index contributed by atoms with van der Waals surface area (Å²) in [6, 6.07) is 4.59. The third-order valence-corrected chi connectivity index (χ3v) is 2.68. The highest BCUT2D eigenvalue weighted by atomic mass is 16.5. The third kappa shape index (κ3) is 2.35. The number of carboxylic acids is 1. The summed E-state index contributed by atoms with van der Waals surface area (Å²) in [5.74, 6) is -0.909. The molecule has 5 heteroatoms. The minimum atomic E-state index is -1.20. The Balaban J connectivity index is 2.81. The Labute approximate surface area is 109 Å². The topological polar surface area (TPSA) is 79.7 Å². The van der Waals surface area contributed by atoms with Crippen LogP contribution >= 0.6 is 0 Å². The van der Waals surface area contributed by atoms with Gasteiger partial charge >= 0.3 is 5.97 Å². The molecular formula is C14H13NO4. The van der Waals surface area contributed by atoms with Gasteiger partial charge in [0, 0.05) is 11.5 Å². The summed E-state index contributed by atoms with van der Waals surface area (Å²) in [6.45, 7) is 1.88. The maximum Gasteiger partial charge on any atom is 0.354 e. The lowest BCUT2D eigenvalue weighted by molar-refractivity contribution is 0.0690. The number of fused-ring (bicyclic) bond motifs is 1. The first-order chi connectivity index (χ1) is 9.06. The van der Waals surface area contributed by atoms with E-state index in [1.165, 1.54) is 7.11 Å². The molecule has 0 saturated heterocycles. The lowest BCUT2D eigenvalue weighted by Crippen LogP contribution is -2.01. The number of carbonyl (C=O) groups is 1. The van der Waals surface area contributed by atoms with E-state index in [2.05, 4.69) is 4.98 Å². The average Bonchev–Trinajstić information content (AvgIpc) is 2.38. The van der Waals surface area contributed by atoms with Crippen molar-refractivity contribution in [2.75, 3.05) is 7.11 Å². The Hall–Kier alpha value is -2.56. The third-order valence-electron chi connectivity index (χ3n) is 2.68. The molecule has 0 aliphatic carbocycles. The quantitative estimate of drug-likeness (QED) is 0.885. The molecule has 0 fully saturated rings. The fraction of sp³-hybridized carbons (Fsp3) is 0.143. The van der Waals surface area contributed by atoms with Crippen molar-refractivity contribution in [1.82, 2.24) is 4.98 Å². The monoisotopic (exact) mass is 259 g/mol. The van der Waals surface area contributed by atoms with E-state index < -0.39 is 5.97 Å². The maximum atomic E-state index is 10.9. The van der Waals surface area contributed by atoms with E-state index in [9.17, 15) is 9.90 Å². The summed E-state index contributed by atoms with van der Waals surface area (Å²) in [5, 5.41) is 19.3. The number of nitrogens with zero attached hydrogens (tertiary/aromatic N) is 1. The number of aromatic carboxylic acids is 1. The van der Waals surface area contributed by atoms with Crippen molar-refractivity contribution >= 4 is 22.9 Å². The van der Waals surface area contributed by atoms with E-state index in [4.69, 9.17) is 9.84 Å². The number of aromatic hydroxyl groups is 1. The predicted molar refractivity (Wildman–Crippen MR) is 71.6 cm³/mol. The fourth-order valence-corrected chi connectivity index (χ4v) is 1.85. The first-order valence-electron chi connectivity index (χ1n) is 5.64. The second-order valence-corrected chi connectivity index (χ2v) is 3.95. The summed E-state index contributed by atoms with van der Waals surface area (Å²) < 4.78 is 5.20. The maximum absolute atomic E-state index is 10.9. The molecule has 0 saturated carbocycles. The second kappa shape index (κ2) is 4.97. The van der Waals surface area contributed by atoms with Crippen LogP contribution in [0, 0.1) is 0 Å². The Bertz CT molecular complexity index is 677. The van der Waals surface area contributed by atoms with Crippen LogP contribution in [-0.2, 0) is 0 Å². The van der Waals surface area contributed by atoms with Crippen LogP contribution in [0.5, 0.6) is 11.5 Å². The number of rotatable bonds is 3. The van der Waals surface area contributed by atoms with Crippen LogP contribution in [0.3, 0.4) is 0 Å². The number of hydrogen-bond acceptors (Lipinski definition) is 4. The summed E-state index contributed by atoms with van der Waals surface area (Å²) in [4.78, 5) is 14.9. The van der Waals surface area contributed by atoms with Crippen LogP contribution in [0.15, 0.2) is 24.3 Å². The molecule has 2 aromatic rings. The highest BCUT2D eigenvalue weighted by molar-refractivity contribution is 5.96. The van der Waals surface area contributed by atoms with Crippen molar-refractivity contribution in [2.45, 2.75) is 6.92 Å². The lowest BCUT2D eigenvalue weighted by atomic mass is 10.1. The highest BCUT2D eigenvalue weighted by Crippen LogP contribution is 2.32. The molecule has 1 aromatic heterocycles. The van der Waals surface area contributed by atoms with Gasteiger partial charge in [-0.1, -0.05) is 12.2 Å². The largest absolute Gasteiger partial charge is 0.507 e. The number of hydrogen-bond donors (Lipinski definition) is 2. The van der Waals surface area contributed by atoms with Crippen LogP contribution in [0.1, 0.15) is 23.0 Å². The summed E-state index contributed by atoms with van der Waals surface area (Å²) in [6.07, 6.45) is 3.71. The van der Waals surface area contributed by atoms with Gasteiger partial charge in [0.25, 0.3) is 0 Å². The normalized spacial score (nSPS) is 11.1. The van der Waals surface area contributed by atoms with Gasteiger partial charge in [-0.3, -0.25) is 0 Å². The van der Waals surface area contributed by atoms with Crippen molar-refractivity contribution in [3.63, 3.8) is 0 Å². The molecule has 0 spiro atoms. The Morgan fingerprint density at radius 1 is 1.37 bits per heavy atom. The minimum absolute atomic E-state index is 0.132. The van der Waals surface area contributed by atoms with Crippen LogP contribution in [0.4, 0.5) is 0 Å². The van der Waals surface area contributed by atoms with E-state index in [-0.39, 0.29) is 11.4 Å². The van der Waals surface area contributed by atoms with Crippen LogP contribution < -0.4 is 4.74 Å². The Morgan fingerprint density at radius 2 is 2.11 bits per heavy atom. The molecular weight excluding hydrogens is 246 g/mol. The number of pyridine rings is 1. The molecule has 1 heterocycles. The minimum Gasteiger partial charge on any atom is -0.507 e. The van der Waals surface area contributed by atoms with Crippen molar-refractivity contribution in [3.8, 4) is 11.5 Å². The standard InChI is InChI=1S/C14H13NO4/c1-3-4-8-5-9-11(16)7-10(14(17)18)15-13(9)12(6-8)19-2/h3-7H,1-2H3,(H,15,16)(H,17,18)/b4-3-. The lowest BCUT2D eigenvalue weighted by Gasteiger charge is -2.09.